The Balaban J connectivity index is 2.06. The van der Waals surface area contributed by atoms with E-state index in [9.17, 15) is 4.79 Å². The summed E-state index contributed by atoms with van der Waals surface area (Å²) in [5.41, 5.74) is 1.25. The molecule has 0 radical (unpaired) electrons. The van der Waals surface area contributed by atoms with Gasteiger partial charge in [-0.2, -0.15) is 0 Å². The number of benzene rings is 2. The number of ether oxygens (including phenoxy) is 1. The zero-order valence-corrected chi connectivity index (χ0v) is 14.9. The standard InChI is InChI=1S/C19H19Cl2NO2/c1-2-3-13-24-18-10-5-4-9-17(18)22-19(23)12-11-14-15(20)7-6-8-16(14)21/h4-12H,2-3,13H2,1H3,(H,22,23). The van der Waals surface area contributed by atoms with Crippen LogP contribution in [-0.2, 0) is 4.79 Å². The van der Waals surface area contributed by atoms with E-state index in [0.29, 0.717) is 33.7 Å². The minimum atomic E-state index is -0.280. The molecule has 0 heterocycles. The van der Waals surface area contributed by atoms with E-state index in [-0.39, 0.29) is 5.91 Å². The van der Waals surface area contributed by atoms with E-state index >= 15 is 0 Å². The molecule has 0 saturated heterocycles. The van der Waals surface area contributed by atoms with E-state index in [4.69, 9.17) is 27.9 Å². The SMILES string of the molecule is CCCCOc1ccccc1NC(=O)C=Cc1c(Cl)cccc1Cl. The molecule has 0 aliphatic heterocycles. The van der Waals surface area contributed by atoms with Crippen molar-refractivity contribution in [3.8, 4) is 5.75 Å². The largest absolute Gasteiger partial charge is 0.491 e. The van der Waals surface area contributed by atoms with Gasteiger partial charge >= 0.3 is 0 Å². The van der Waals surface area contributed by atoms with Gasteiger partial charge in [0.05, 0.1) is 12.3 Å². The van der Waals surface area contributed by atoms with Gasteiger partial charge in [-0.25, -0.2) is 0 Å². The zero-order chi connectivity index (χ0) is 17.4. The fourth-order valence-corrected chi connectivity index (χ4v) is 2.55. The lowest BCUT2D eigenvalue weighted by atomic mass is 10.2. The molecule has 0 spiro atoms. The van der Waals surface area contributed by atoms with Gasteiger partial charge in [0, 0.05) is 21.7 Å². The second-order valence-electron chi connectivity index (χ2n) is 5.16. The number of nitrogens with one attached hydrogen (secondary N) is 1. The number of rotatable bonds is 7. The van der Waals surface area contributed by atoms with Crippen molar-refractivity contribution in [2.75, 3.05) is 11.9 Å². The van der Waals surface area contributed by atoms with Crippen molar-refractivity contribution in [2.24, 2.45) is 0 Å². The Morgan fingerprint density at radius 2 is 1.83 bits per heavy atom. The molecule has 5 heteroatoms. The third-order valence-electron chi connectivity index (χ3n) is 3.30. The summed E-state index contributed by atoms with van der Waals surface area (Å²) in [5.74, 6) is 0.376. The van der Waals surface area contributed by atoms with Crippen LogP contribution in [0.1, 0.15) is 25.3 Å². The summed E-state index contributed by atoms with van der Waals surface area (Å²) < 4.78 is 5.70. The van der Waals surface area contributed by atoms with Gasteiger partial charge in [-0.1, -0.05) is 54.7 Å². The molecule has 0 aliphatic carbocycles. The highest BCUT2D eigenvalue weighted by Crippen LogP contribution is 2.26. The van der Waals surface area contributed by atoms with Gasteiger partial charge in [-0.15, -0.1) is 0 Å². The number of carbonyl (C=O) groups is 1. The smallest absolute Gasteiger partial charge is 0.248 e. The van der Waals surface area contributed by atoms with Crippen LogP contribution in [0.2, 0.25) is 10.0 Å². The second kappa shape index (κ2) is 9.36. The zero-order valence-electron chi connectivity index (χ0n) is 13.4. The Morgan fingerprint density at radius 3 is 2.54 bits per heavy atom. The Labute approximate surface area is 152 Å². The molecule has 24 heavy (non-hydrogen) atoms. The molecular weight excluding hydrogens is 345 g/mol. The van der Waals surface area contributed by atoms with Crippen molar-refractivity contribution in [2.45, 2.75) is 19.8 Å². The maximum absolute atomic E-state index is 12.2. The van der Waals surface area contributed by atoms with Gasteiger partial charge in [0.15, 0.2) is 0 Å². The normalized spacial score (nSPS) is 10.8. The fraction of sp³-hybridized carbons (Fsp3) is 0.211. The van der Waals surface area contributed by atoms with Crippen LogP contribution >= 0.6 is 23.2 Å². The quantitative estimate of drug-likeness (QED) is 0.496. The lowest BCUT2D eigenvalue weighted by molar-refractivity contribution is -0.111. The number of unbranched alkanes of at least 4 members (excludes halogenated alkanes) is 1. The van der Waals surface area contributed by atoms with Crippen LogP contribution in [0.15, 0.2) is 48.5 Å². The molecule has 2 rings (SSSR count). The Morgan fingerprint density at radius 1 is 1.12 bits per heavy atom. The second-order valence-corrected chi connectivity index (χ2v) is 5.97. The first-order valence-corrected chi connectivity index (χ1v) is 8.52. The van der Waals surface area contributed by atoms with E-state index in [2.05, 4.69) is 12.2 Å². The van der Waals surface area contributed by atoms with Gasteiger partial charge in [0.1, 0.15) is 5.75 Å². The van der Waals surface area contributed by atoms with E-state index in [1.165, 1.54) is 6.08 Å². The van der Waals surface area contributed by atoms with Crippen LogP contribution < -0.4 is 10.1 Å². The maximum Gasteiger partial charge on any atom is 0.248 e. The van der Waals surface area contributed by atoms with Gasteiger partial charge in [-0.05, 0) is 36.8 Å². The van der Waals surface area contributed by atoms with Crippen LogP contribution in [0.25, 0.3) is 6.08 Å². The average molecular weight is 364 g/mol. The van der Waals surface area contributed by atoms with Crippen molar-refractivity contribution in [3.05, 3.63) is 64.1 Å². The molecule has 2 aromatic carbocycles. The minimum Gasteiger partial charge on any atom is -0.491 e. The lowest BCUT2D eigenvalue weighted by Gasteiger charge is -2.11. The van der Waals surface area contributed by atoms with E-state index < -0.39 is 0 Å². The summed E-state index contributed by atoms with van der Waals surface area (Å²) in [4.78, 5) is 12.2. The molecule has 0 fully saturated rings. The van der Waals surface area contributed by atoms with Crippen molar-refractivity contribution in [3.63, 3.8) is 0 Å². The van der Waals surface area contributed by atoms with E-state index in [0.717, 1.165) is 12.8 Å². The summed E-state index contributed by atoms with van der Waals surface area (Å²) >= 11 is 12.2. The lowest BCUT2D eigenvalue weighted by Crippen LogP contribution is -2.09. The molecule has 0 aliphatic rings. The van der Waals surface area contributed by atoms with Crippen LogP contribution in [0.5, 0.6) is 5.75 Å². The molecule has 1 N–H and O–H groups in total. The molecule has 0 aromatic heterocycles. The van der Waals surface area contributed by atoms with Crippen molar-refractivity contribution < 1.29 is 9.53 Å². The molecule has 0 atom stereocenters. The summed E-state index contributed by atoms with van der Waals surface area (Å²) in [6.45, 7) is 2.72. The molecule has 126 valence electrons. The first-order valence-electron chi connectivity index (χ1n) is 7.76. The van der Waals surface area contributed by atoms with Gasteiger partial charge in [-0.3, -0.25) is 4.79 Å². The summed E-state index contributed by atoms with van der Waals surface area (Å²) in [6, 6.07) is 12.6. The van der Waals surface area contributed by atoms with Crippen LogP contribution in [-0.4, -0.2) is 12.5 Å². The Kier molecular flexibility index (Phi) is 7.16. The summed E-state index contributed by atoms with van der Waals surface area (Å²) in [6.07, 6.45) is 5.01. The topological polar surface area (TPSA) is 38.3 Å². The highest BCUT2D eigenvalue weighted by Gasteiger charge is 2.06. The molecule has 1 amide bonds. The number of anilines is 1. The van der Waals surface area contributed by atoms with Gasteiger partial charge in [0.2, 0.25) is 5.91 Å². The number of para-hydroxylation sites is 2. The Bertz CT molecular complexity index is 709. The van der Waals surface area contributed by atoms with Crippen LogP contribution in [0.4, 0.5) is 5.69 Å². The fourth-order valence-electron chi connectivity index (χ4n) is 2.03. The molecular formula is C19H19Cl2NO2. The minimum absolute atomic E-state index is 0.280. The first kappa shape index (κ1) is 18.4. The molecule has 0 unspecified atom stereocenters. The molecule has 0 bridgehead atoms. The molecule has 0 saturated carbocycles. The highest BCUT2D eigenvalue weighted by molar-refractivity contribution is 6.37. The predicted octanol–water partition coefficient (Wildman–Crippen LogP) is 5.82. The Hall–Kier alpha value is -1.97. The van der Waals surface area contributed by atoms with Crippen LogP contribution in [0, 0.1) is 0 Å². The number of carbonyl (C=O) groups excluding carboxylic acids is 1. The third-order valence-corrected chi connectivity index (χ3v) is 3.96. The third kappa shape index (κ3) is 5.29. The summed E-state index contributed by atoms with van der Waals surface area (Å²) in [5, 5.41) is 3.80. The first-order chi connectivity index (χ1) is 11.6. The number of hydrogen-bond donors (Lipinski definition) is 1. The predicted molar refractivity (Wildman–Crippen MR) is 101 cm³/mol. The number of hydrogen-bond acceptors (Lipinski definition) is 2. The van der Waals surface area contributed by atoms with Gasteiger partial charge in [0.25, 0.3) is 0 Å². The molecule has 2 aromatic rings. The molecule has 3 nitrogen and oxygen atoms in total. The average Bonchev–Trinajstić information content (AvgIpc) is 2.56. The van der Waals surface area contributed by atoms with Gasteiger partial charge < -0.3 is 10.1 Å². The van der Waals surface area contributed by atoms with E-state index in [1.807, 2.05) is 18.2 Å². The van der Waals surface area contributed by atoms with Crippen molar-refractivity contribution >= 4 is 40.9 Å². The number of halogens is 2. The maximum atomic E-state index is 12.2. The highest BCUT2D eigenvalue weighted by atomic mass is 35.5. The van der Waals surface area contributed by atoms with Crippen LogP contribution in [0.3, 0.4) is 0 Å². The number of amides is 1. The summed E-state index contributed by atoms with van der Waals surface area (Å²) in [7, 11) is 0. The van der Waals surface area contributed by atoms with Crippen molar-refractivity contribution in [1.29, 1.82) is 0 Å². The monoisotopic (exact) mass is 363 g/mol. The van der Waals surface area contributed by atoms with E-state index in [1.54, 1.807) is 30.3 Å². The van der Waals surface area contributed by atoms with Crippen molar-refractivity contribution in [1.82, 2.24) is 0 Å².